The van der Waals surface area contributed by atoms with Gasteiger partial charge in [-0.1, -0.05) is 42.5 Å². The summed E-state index contributed by atoms with van der Waals surface area (Å²) in [7, 11) is 0. The van der Waals surface area contributed by atoms with Crippen LogP contribution in [0.25, 0.3) is 0 Å². The van der Waals surface area contributed by atoms with Crippen LogP contribution in [0.5, 0.6) is 5.75 Å². The van der Waals surface area contributed by atoms with Crippen LogP contribution in [-0.2, 0) is 16.1 Å². The van der Waals surface area contributed by atoms with E-state index < -0.39 is 11.8 Å². The van der Waals surface area contributed by atoms with E-state index in [-0.39, 0.29) is 23.5 Å². The number of hydrogen-bond donors (Lipinski definition) is 2. The van der Waals surface area contributed by atoms with Crippen molar-refractivity contribution in [2.45, 2.75) is 6.54 Å². The number of amides is 2. The lowest BCUT2D eigenvalue weighted by Crippen LogP contribution is -2.39. The molecule has 6 nitrogen and oxygen atoms in total. The number of nitrogens with zero attached hydrogens (tertiary/aromatic N) is 1. The Bertz CT molecular complexity index is 985. The second-order valence-corrected chi connectivity index (χ2v) is 6.05. The number of phenols is 1. The molecule has 3 aromatic rings. The van der Waals surface area contributed by atoms with Crippen LogP contribution in [0.2, 0.25) is 0 Å². The SMILES string of the molecule is O=Cc1ccccc1NC(=O)C(=O)N(Cc1ccccc1)c1ccc(O)cc1. The number of rotatable bonds is 5. The highest BCUT2D eigenvalue weighted by Crippen LogP contribution is 2.22. The van der Waals surface area contributed by atoms with Crippen molar-refractivity contribution in [1.29, 1.82) is 0 Å². The number of benzene rings is 3. The highest BCUT2D eigenvalue weighted by atomic mass is 16.3. The Morgan fingerprint density at radius 3 is 2.21 bits per heavy atom. The Hall–Kier alpha value is -3.93. The van der Waals surface area contributed by atoms with Gasteiger partial charge in [0, 0.05) is 11.3 Å². The first-order chi connectivity index (χ1) is 13.6. The molecule has 3 aromatic carbocycles. The van der Waals surface area contributed by atoms with Gasteiger partial charge < -0.3 is 10.4 Å². The zero-order valence-corrected chi connectivity index (χ0v) is 14.9. The maximum Gasteiger partial charge on any atom is 0.316 e. The van der Waals surface area contributed by atoms with E-state index in [0.29, 0.717) is 12.0 Å². The van der Waals surface area contributed by atoms with Crippen LogP contribution in [0.4, 0.5) is 11.4 Å². The third-order valence-electron chi connectivity index (χ3n) is 4.12. The molecule has 0 atom stereocenters. The topological polar surface area (TPSA) is 86.7 Å². The second-order valence-electron chi connectivity index (χ2n) is 6.05. The Morgan fingerprint density at radius 1 is 0.893 bits per heavy atom. The molecule has 0 aliphatic rings. The van der Waals surface area contributed by atoms with E-state index in [1.165, 1.54) is 17.0 Å². The third kappa shape index (κ3) is 4.42. The summed E-state index contributed by atoms with van der Waals surface area (Å²) < 4.78 is 0. The van der Waals surface area contributed by atoms with Crippen LogP contribution in [0, 0.1) is 0 Å². The molecule has 0 fully saturated rings. The minimum Gasteiger partial charge on any atom is -0.508 e. The summed E-state index contributed by atoms with van der Waals surface area (Å²) in [5, 5.41) is 12.0. The number of nitrogens with one attached hydrogen (secondary N) is 1. The van der Waals surface area contributed by atoms with Gasteiger partial charge in [0.15, 0.2) is 6.29 Å². The normalized spacial score (nSPS) is 10.1. The van der Waals surface area contributed by atoms with Crippen molar-refractivity contribution in [3.63, 3.8) is 0 Å². The number of phenolic OH excluding ortho intramolecular Hbond substituents is 1. The second kappa shape index (κ2) is 8.64. The van der Waals surface area contributed by atoms with E-state index in [4.69, 9.17) is 0 Å². The maximum atomic E-state index is 12.9. The summed E-state index contributed by atoms with van der Waals surface area (Å²) in [5.41, 5.74) is 1.85. The zero-order valence-electron chi connectivity index (χ0n) is 14.9. The quantitative estimate of drug-likeness (QED) is 0.529. The van der Waals surface area contributed by atoms with E-state index in [1.807, 2.05) is 30.3 Å². The molecule has 0 aliphatic carbocycles. The van der Waals surface area contributed by atoms with Crippen LogP contribution in [-0.4, -0.2) is 23.2 Å². The summed E-state index contributed by atoms with van der Waals surface area (Å²) >= 11 is 0. The van der Waals surface area contributed by atoms with E-state index in [1.54, 1.807) is 36.4 Å². The van der Waals surface area contributed by atoms with Crippen molar-refractivity contribution in [1.82, 2.24) is 0 Å². The van der Waals surface area contributed by atoms with Gasteiger partial charge in [0.2, 0.25) is 0 Å². The van der Waals surface area contributed by atoms with Gasteiger partial charge in [0.05, 0.1) is 12.2 Å². The van der Waals surface area contributed by atoms with Crippen LogP contribution >= 0.6 is 0 Å². The Morgan fingerprint density at radius 2 is 1.54 bits per heavy atom. The fraction of sp³-hybridized carbons (Fsp3) is 0.0455. The molecule has 140 valence electrons. The standard InChI is InChI=1S/C22H18N2O4/c25-15-17-8-4-5-9-20(17)23-21(27)22(28)24(14-16-6-2-1-3-7-16)18-10-12-19(26)13-11-18/h1-13,15,26H,14H2,(H,23,27). The largest absolute Gasteiger partial charge is 0.508 e. The van der Waals surface area contributed by atoms with Gasteiger partial charge in [-0.05, 0) is 42.0 Å². The summed E-state index contributed by atoms with van der Waals surface area (Å²) in [6.07, 6.45) is 0.613. The predicted octanol–water partition coefficient (Wildman–Crippen LogP) is 3.38. The third-order valence-corrected chi connectivity index (χ3v) is 4.12. The number of para-hydroxylation sites is 1. The number of anilines is 2. The Balaban J connectivity index is 1.88. The lowest BCUT2D eigenvalue weighted by atomic mass is 10.1. The molecule has 0 radical (unpaired) electrons. The number of hydrogen-bond acceptors (Lipinski definition) is 4. The highest BCUT2D eigenvalue weighted by molar-refractivity contribution is 6.44. The number of carbonyl (C=O) groups is 3. The predicted molar refractivity (Wildman–Crippen MR) is 106 cm³/mol. The van der Waals surface area contributed by atoms with Crippen molar-refractivity contribution in [3.05, 3.63) is 90.0 Å². The zero-order chi connectivity index (χ0) is 19.9. The van der Waals surface area contributed by atoms with Crippen LogP contribution in [0.3, 0.4) is 0 Å². The smallest absolute Gasteiger partial charge is 0.316 e. The molecule has 0 bridgehead atoms. The molecule has 28 heavy (non-hydrogen) atoms. The van der Waals surface area contributed by atoms with E-state index in [0.717, 1.165) is 5.56 Å². The Kier molecular flexibility index (Phi) is 5.81. The first-order valence-corrected chi connectivity index (χ1v) is 8.58. The number of carbonyl (C=O) groups excluding carboxylic acids is 3. The molecule has 0 heterocycles. The molecule has 6 heteroatoms. The summed E-state index contributed by atoms with van der Waals surface area (Å²) in [6, 6.07) is 21.7. The van der Waals surface area contributed by atoms with E-state index >= 15 is 0 Å². The average Bonchev–Trinajstić information content (AvgIpc) is 2.73. The molecular formula is C22H18N2O4. The first kappa shape index (κ1) is 18.8. The van der Waals surface area contributed by atoms with E-state index in [9.17, 15) is 19.5 Å². The fourth-order valence-corrected chi connectivity index (χ4v) is 2.69. The number of aromatic hydroxyl groups is 1. The number of aldehydes is 1. The summed E-state index contributed by atoms with van der Waals surface area (Å²) in [4.78, 5) is 37.9. The molecule has 0 saturated heterocycles. The van der Waals surface area contributed by atoms with Gasteiger partial charge >= 0.3 is 11.8 Å². The molecule has 0 unspecified atom stereocenters. The summed E-state index contributed by atoms with van der Waals surface area (Å²) in [6.45, 7) is 0.174. The van der Waals surface area contributed by atoms with Crippen molar-refractivity contribution >= 4 is 29.5 Å². The first-order valence-electron chi connectivity index (χ1n) is 8.58. The molecule has 0 spiro atoms. The monoisotopic (exact) mass is 374 g/mol. The average molecular weight is 374 g/mol. The lowest BCUT2D eigenvalue weighted by Gasteiger charge is -2.22. The molecule has 2 amide bonds. The maximum absolute atomic E-state index is 12.9. The van der Waals surface area contributed by atoms with E-state index in [2.05, 4.69) is 5.32 Å². The van der Waals surface area contributed by atoms with Crippen LogP contribution in [0.1, 0.15) is 15.9 Å². The summed E-state index contributed by atoms with van der Waals surface area (Å²) in [5.74, 6) is -1.59. The van der Waals surface area contributed by atoms with Crippen molar-refractivity contribution in [2.24, 2.45) is 0 Å². The molecule has 0 aliphatic heterocycles. The van der Waals surface area contributed by atoms with Gasteiger partial charge in [0.1, 0.15) is 5.75 Å². The fourth-order valence-electron chi connectivity index (χ4n) is 2.69. The van der Waals surface area contributed by atoms with Gasteiger partial charge in [-0.15, -0.1) is 0 Å². The van der Waals surface area contributed by atoms with Crippen molar-refractivity contribution in [2.75, 3.05) is 10.2 Å². The Labute approximate surface area is 162 Å². The van der Waals surface area contributed by atoms with Crippen molar-refractivity contribution < 1.29 is 19.5 Å². The molecule has 0 aromatic heterocycles. The minimum absolute atomic E-state index is 0.0558. The molecular weight excluding hydrogens is 356 g/mol. The van der Waals surface area contributed by atoms with Gasteiger partial charge in [-0.2, -0.15) is 0 Å². The molecule has 3 rings (SSSR count). The highest BCUT2D eigenvalue weighted by Gasteiger charge is 2.24. The van der Waals surface area contributed by atoms with Gasteiger partial charge in [-0.3, -0.25) is 19.3 Å². The van der Waals surface area contributed by atoms with Gasteiger partial charge in [-0.25, -0.2) is 0 Å². The van der Waals surface area contributed by atoms with Gasteiger partial charge in [0.25, 0.3) is 0 Å². The molecule has 2 N–H and O–H groups in total. The molecule has 0 saturated carbocycles. The minimum atomic E-state index is -0.863. The van der Waals surface area contributed by atoms with Crippen LogP contribution < -0.4 is 10.2 Å². The van der Waals surface area contributed by atoms with Crippen molar-refractivity contribution in [3.8, 4) is 5.75 Å². The lowest BCUT2D eigenvalue weighted by molar-refractivity contribution is -0.134. The van der Waals surface area contributed by atoms with Crippen LogP contribution in [0.15, 0.2) is 78.9 Å².